The van der Waals surface area contributed by atoms with Crippen molar-refractivity contribution in [2.45, 2.75) is 19.8 Å². The second kappa shape index (κ2) is 7.95. The highest BCUT2D eigenvalue weighted by atomic mass is 32.1. The van der Waals surface area contributed by atoms with Crippen LogP contribution >= 0.6 is 11.3 Å². The first-order valence-corrected chi connectivity index (χ1v) is 7.86. The van der Waals surface area contributed by atoms with Crippen molar-refractivity contribution in [1.29, 1.82) is 0 Å². The molecule has 0 fully saturated rings. The predicted molar refractivity (Wildman–Crippen MR) is 85.2 cm³/mol. The number of rotatable bonds is 8. The van der Waals surface area contributed by atoms with Gasteiger partial charge in [-0.1, -0.05) is 24.7 Å². The fraction of sp³-hybridized carbons (Fsp3) is 0.467. The monoisotopic (exact) mass is 308 g/mol. The van der Waals surface area contributed by atoms with Crippen LogP contribution in [0.15, 0.2) is 18.2 Å². The highest BCUT2D eigenvalue weighted by Crippen LogP contribution is 2.26. The van der Waals surface area contributed by atoms with Crippen molar-refractivity contribution < 1.29 is 14.3 Å². The van der Waals surface area contributed by atoms with E-state index in [1.165, 1.54) is 11.3 Å². The summed E-state index contributed by atoms with van der Waals surface area (Å²) >= 11 is 1.52. The molecule has 1 N–H and O–H groups in total. The Morgan fingerprint density at radius 3 is 3.00 bits per heavy atom. The number of nitrogens with one attached hydrogen (secondary N) is 1. The summed E-state index contributed by atoms with van der Waals surface area (Å²) in [5, 5.41) is 4.02. The smallest absolute Gasteiger partial charge is 0.338 e. The largest absolute Gasteiger partial charge is 0.462 e. The third-order valence-electron chi connectivity index (χ3n) is 2.94. The average molecular weight is 308 g/mol. The number of benzene rings is 1. The van der Waals surface area contributed by atoms with Crippen molar-refractivity contribution in [3.63, 3.8) is 0 Å². The lowest BCUT2D eigenvalue weighted by molar-refractivity contribution is 0.0500. The van der Waals surface area contributed by atoms with E-state index in [0.717, 1.165) is 28.2 Å². The van der Waals surface area contributed by atoms with Gasteiger partial charge in [-0.2, -0.15) is 0 Å². The van der Waals surface area contributed by atoms with Crippen molar-refractivity contribution in [3.05, 3.63) is 23.8 Å². The Labute approximate surface area is 128 Å². The Kier molecular flexibility index (Phi) is 5.95. The van der Waals surface area contributed by atoms with E-state index < -0.39 is 0 Å². The summed E-state index contributed by atoms with van der Waals surface area (Å²) in [5.41, 5.74) is 1.45. The standard InChI is InChI=1S/C15H20N2O3S/c1-3-4-8-20-14(18)11-5-6-12-13(10-11)21-15(17-12)16-7-9-19-2/h5-6,10H,3-4,7-9H2,1-2H3,(H,16,17). The molecule has 114 valence electrons. The van der Waals surface area contributed by atoms with Gasteiger partial charge in [-0.05, 0) is 24.6 Å². The van der Waals surface area contributed by atoms with Gasteiger partial charge in [-0.25, -0.2) is 9.78 Å². The number of unbranched alkanes of at least 4 members (excludes halogenated alkanes) is 1. The van der Waals surface area contributed by atoms with Gasteiger partial charge in [-0.3, -0.25) is 0 Å². The van der Waals surface area contributed by atoms with Gasteiger partial charge >= 0.3 is 5.97 Å². The molecular weight excluding hydrogens is 288 g/mol. The second-order valence-electron chi connectivity index (χ2n) is 4.61. The average Bonchev–Trinajstić information content (AvgIpc) is 2.89. The van der Waals surface area contributed by atoms with Gasteiger partial charge < -0.3 is 14.8 Å². The molecule has 0 spiro atoms. The molecule has 6 heteroatoms. The number of nitrogens with zero attached hydrogens (tertiary/aromatic N) is 1. The van der Waals surface area contributed by atoms with Crippen LogP contribution in [0.2, 0.25) is 0 Å². The summed E-state index contributed by atoms with van der Waals surface area (Å²) in [7, 11) is 1.66. The number of carbonyl (C=O) groups excluding carboxylic acids is 1. The van der Waals surface area contributed by atoms with E-state index in [4.69, 9.17) is 9.47 Å². The zero-order valence-corrected chi connectivity index (χ0v) is 13.2. The molecule has 1 aromatic heterocycles. The topological polar surface area (TPSA) is 60.5 Å². The molecule has 0 aliphatic heterocycles. The fourth-order valence-corrected chi connectivity index (χ4v) is 2.71. The summed E-state index contributed by atoms with van der Waals surface area (Å²) in [6.45, 7) is 3.88. The third-order valence-corrected chi connectivity index (χ3v) is 3.91. The Hall–Kier alpha value is -1.66. The summed E-state index contributed by atoms with van der Waals surface area (Å²) in [5.74, 6) is -0.271. The number of ether oxygens (including phenoxy) is 2. The lowest BCUT2D eigenvalue weighted by atomic mass is 10.2. The van der Waals surface area contributed by atoms with Crippen molar-refractivity contribution in [2.75, 3.05) is 32.2 Å². The molecule has 0 radical (unpaired) electrons. The molecule has 0 bridgehead atoms. The van der Waals surface area contributed by atoms with E-state index in [1.807, 2.05) is 12.1 Å². The summed E-state index contributed by atoms with van der Waals surface area (Å²) in [6.07, 6.45) is 1.90. The lowest BCUT2D eigenvalue weighted by Gasteiger charge is -2.03. The van der Waals surface area contributed by atoms with Crippen LogP contribution < -0.4 is 5.32 Å². The third kappa shape index (κ3) is 4.41. The van der Waals surface area contributed by atoms with Gasteiger partial charge in [0.1, 0.15) is 0 Å². The minimum absolute atomic E-state index is 0.271. The number of thiazole rings is 1. The lowest BCUT2D eigenvalue weighted by Crippen LogP contribution is -2.06. The maximum absolute atomic E-state index is 11.9. The maximum atomic E-state index is 11.9. The molecular formula is C15H20N2O3S. The Balaban J connectivity index is 2.04. The number of fused-ring (bicyclic) bond motifs is 1. The normalized spacial score (nSPS) is 10.8. The van der Waals surface area contributed by atoms with Gasteiger partial charge in [-0.15, -0.1) is 0 Å². The van der Waals surface area contributed by atoms with Crippen molar-refractivity contribution in [1.82, 2.24) is 4.98 Å². The number of esters is 1. The number of anilines is 1. The molecule has 0 aliphatic carbocycles. The number of hydrogen-bond donors (Lipinski definition) is 1. The zero-order valence-electron chi connectivity index (χ0n) is 12.3. The van der Waals surface area contributed by atoms with Gasteiger partial charge in [0.15, 0.2) is 5.13 Å². The van der Waals surface area contributed by atoms with E-state index in [0.29, 0.717) is 25.3 Å². The number of methoxy groups -OCH3 is 1. The SMILES string of the molecule is CCCCOC(=O)c1ccc2nc(NCCOC)sc2c1. The fourth-order valence-electron chi connectivity index (χ4n) is 1.78. The summed E-state index contributed by atoms with van der Waals surface area (Å²) in [6, 6.07) is 5.45. The van der Waals surface area contributed by atoms with Crippen LogP contribution in [0.5, 0.6) is 0 Å². The quantitative estimate of drug-likeness (QED) is 0.599. The van der Waals surface area contributed by atoms with E-state index in [-0.39, 0.29) is 5.97 Å². The number of carbonyl (C=O) groups is 1. The minimum atomic E-state index is -0.271. The van der Waals surface area contributed by atoms with Gasteiger partial charge in [0.25, 0.3) is 0 Å². The van der Waals surface area contributed by atoms with Crippen molar-refractivity contribution in [2.24, 2.45) is 0 Å². The Morgan fingerprint density at radius 1 is 1.38 bits per heavy atom. The minimum Gasteiger partial charge on any atom is -0.462 e. The first kappa shape index (κ1) is 15.7. The molecule has 2 rings (SSSR count). The number of hydrogen-bond acceptors (Lipinski definition) is 6. The molecule has 0 saturated heterocycles. The predicted octanol–water partition coefficient (Wildman–Crippen LogP) is 3.31. The Bertz CT molecular complexity index is 598. The van der Waals surface area contributed by atoms with Crippen LogP contribution in [0.3, 0.4) is 0 Å². The highest BCUT2D eigenvalue weighted by Gasteiger charge is 2.10. The molecule has 0 saturated carbocycles. The maximum Gasteiger partial charge on any atom is 0.338 e. The highest BCUT2D eigenvalue weighted by molar-refractivity contribution is 7.22. The summed E-state index contributed by atoms with van der Waals surface area (Å²) in [4.78, 5) is 16.4. The van der Waals surface area contributed by atoms with E-state index >= 15 is 0 Å². The van der Waals surface area contributed by atoms with Crippen LogP contribution in [0.1, 0.15) is 30.1 Å². The van der Waals surface area contributed by atoms with E-state index in [2.05, 4.69) is 17.2 Å². The summed E-state index contributed by atoms with van der Waals surface area (Å²) < 4.78 is 11.2. The molecule has 2 aromatic rings. The van der Waals surface area contributed by atoms with Crippen LogP contribution in [-0.4, -0.2) is 37.8 Å². The van der Waals surface area contributed by atoms with Gasteiger partial charge in [0.2, 0.25) is 0 Å². The molecule has 5 nitrogen and oxygen atoms in total. The molecule has 0 amide bonds. The van der Waals surface area contributed by atoms with Gasteiger partial charge in [0, 0.05) is 13.7 Å². The van der Waals surface area contributed by atoms with Crippen LogP contribution in [0.4, 0.5) is 5.13 Å². The van der Waals surface area contributed by atoms with E-state index in [1.54, 1.807) is 13.2 Å². The molecule has 0 unspecified atom stereocenters. The second-order valence-corrected chi connectivity index (χ2v) is 5.64. The number of aromatic nitrogens is 1. The zero-order chi connectivity index (χ0) is 15.1. The molecule has 1 heterocycles. The van der Waals surface area contributed by atoms with Crippen LogP contribution in [-0.2, 0) is 9.47 Å². The molecule has 21 heavy (non-hydrogen) atoms. The van der Waals surface area contributed by atoms with Crippen molar-refractivity contribution in [3.8, 4) is 0 Å². The molecule has 0 atom stereocenters. The van der Waals surface area contributed by atoms with Crippen LogP contribution in [0, 0.1) is 0 Å². The van der Waals surface area contributed by atoms with Crippen LogP contribution in [0.25, 0.3) is 10.2 Å². The molecule has 0 aliphatic rings. The van der Waals surface area contributed by atoms with E-state index in [9.17, 15) is 4.79 Å². The first-order valence-electron chi connectivity index (χ1n) is 7.05. The van der Waals surface area contributed by atoms with Gasteiger partial charge in [0.05, 0.1) is 29.0 Å². The molecule has 1 aromatic carbocycles. The first-order chi connectivity index (χ1) is 10.2. The Morgan fingerprint density at radius 2 is 2.24 bits per heavy atom. The van der Waals surface area contributed by atoms with Crippen molar-refractivity contribution >= 4 is 32.7 Å².